The van der Waals surface area contributed by atoms with Gasteiger partial charge in [0, 0.05) is 38.6 Å². The summed E-state index contributed by atoms with van der Waals surface area (Å²) in [5, 5.41) is 0. The molecule has 0 aromatic heterocycles. The van der Waals surface area contributed by atoms with Crippen LogP contribution in [0.5, 0.6) is 17.2 Å². The number of rotatable bonds is 6. The highest BCUT2D eigenvalue weighted by Gasteiger charge is 2.32. The quantitative estimate of drug-likeness (QED) is 0.733. The Kier molecular flexibility index (Phi) is 6.13. The lowest BCUT2D eigenvalue weighted by molar-refractivity contribution is -0.137. The second-order valence-corrected chi connectivity index (χ2v) is 8.01. The van der Waals surface area contributed by atoms with Gasteiger partial charge in [-0.15, -0.1) is 0 Å². The highest BCUT2D eigenvalue weighted by atomic mass is 16.5. The van der Waals surface area contributed by atoms with E-state index in [1.807, 2.05) is 17.0 Å². The molecule has 0 radical (unpaired) electrons. The lowest BCUT2D eigenvalue weighted by Crippen LogP contribution is -2.50. The van der Waals surface area contributed by atoms with Crippen molar-refractivity contribution in [3.05, 3.63) is 53.1 Å². The van der Waals surface area contributed by atoms with E-state index in [0.29, 0.717) is 23.2 Å². The van der Waals surface area contributed by atoms with E-state index in [0.717, 1.165) is 51.1 Å². The Hall–Kier alpha value is -2.73. The average molecular weight is 411 g/mol. The number of methoxy groups -OCH3 is 3. The molecule has 0 N–H and O–H groups in total. The molecule has 0 saturated carbocycles. The van der Waals surface area contributed by atoms with E-state index in [-0.39, 0.29) is 5.92 Å². The summed E-state index contributed by atoms with van der Waals surface area (Å²) >= 11 is 0. The molecule has 2 aromatic rings. The Morgan fingerprint density at radius 2 is 1.47 bits per heavy atom. The Balaban J connectivity index is 1.35. The van der Waals surface area contributed by atoms with Crippen LogP contribution in [0.3, 0.4) is 0 Å². The summed E-state index contributed by atoms with van der Waals surface area (Å²) in [6, 6.07) is 12.4. The van der Waals surface area contributed by atoms with Crippen molar-refractivity contribution in [2.45, 2.75) is 19.4 Å². The molecule has 0 spiro atoms. The van der Waals surface area contributed by atoms with Gasteiger partial charge in [-0.05, 0) is 41.7 Å². The lowest BCUT2D eigenvalue weighted by atomic mass is 10.0. The van der Waals surface area contributed by atoms with Crippen LogP contribution < -0.4 is 14.2 Å². The first kappa shape index (κ1) is 20.5. The Morgan fingerprint density at radius 3 is 1.97 bits per heavy atom. The fraction of sp³-hybridized carbons (Fsp3) is 0.458. The Labute approximate surface area is 178 Å². The van der Waals surface area contributed by atoms with Crippen molar-refractivity contribution in [2.75, 3.05) is 47.5 Å². The van der Waals surface area contributed by atoms with E-state index in [2.05, 4.69) is 29.2 Å². The molecule has 1 amide bonds. The monoisotopic (exact) mass is 410 g/mol. The van der Waals surface area contributed by atoms with Crippen LogP contribution in [-0.2, 0) is 24.2 Å². The van der Waals surface area contributed by atoms with Crippen LogP contribution in [0.2, 0.25) is 0 Å². The molecule has 4 rings (SSSR count). The van der Waals surface area contributed by atoms with Crippen LogP contribution in [-0.4, -0.2) is 63.2 Å². The van der Waals surface area contributed by atoms with Gasteiger partial charge >= 0.3 is 0 Å². The summed E-state index contributed by atoms with van der Waals surface area (Å²) < 4.78 is 16.3. The van der Waals surface area contributed by atoms with Crippen molar-refractivity contribution in [3.8, 4) is 17.2 Å². The number of fused-ring (bicyclic) bond motifs is 1. The number of hydrogen-bond donors (Lipinski definition) is 0. The van der Waals surface area contributed by atoms with Gasteiger partial charge in [-0.25, -0.2) is 0 Å². The van der Waals surface area contributed by atoms with Gasteiger partial charge in [0.15, 0.2) is 11.5 Å². The Bertz CT molecular complexity index is 856. The predicted molar refractivity (Wildman–Crippen MR) is 115 cm³/mol. The van der Waals surface area contributed by atoms with Gasteiger partial charge in [-0.3, -0.25) is 9.69 Å². The first-order chi connectivity index (χ1) is 14.6. The molecule has 160 valence electrons. The number of carbonyl (C=O) groups excluding carboxylic acids is 1. The third-order valence-corrected chi connectivity index (χ3v) is 6.21. The summed E-state index contributed by atoms with van der Waals surface area (Å²) in [7, 11) is 4.87. The molecule has 2 aliphatic rings. The van der Waals surface area contributed by atoms with Crippen LogP contribution in [0, 0.1) is 5.92 Å². The van der Waals surface area contributed by atoms with Gasteiger partial charge in [0.25, 0.3) is 0 Å². The molecule has 30 heavy (non-hydrogen) atoms. The first-order valence-corrected chi connectivity index (χ1v) is 10.5. The molecule has 1 saturated heterocycles. The number of nitrogens with zero attached hydrogens (tertiary/aromatic N) is 2. The summed E-state index contributed by atoms with van der Waals surface area (Å²) in [5.74, 6) is 2.35. The lowest BCUT2D eigenvalue weighted by Gasteiger charge is -2.36. The van der Waals surface area contributed by atoms with Crippen LogP contribution in [0.4, 0.5) is 0 Å². The average Bonchev–Trinajstić information content (AvgIpc) is 3.22. The minimum atomic E-state index is 0.101. The molecule has 6 nitrogen and oxygen atoms in total. The zero-order chi connectivity index (χ0) is 21.1. The topological polar surface area (TPSA) is 51.2 Å². The molecule has 1 fully saturated rings. The summed E-state index contributed by atoms with van der Waals surface area (Å²) in [5.41, 5.74) is 3.77. The number of hydrogen-bond acceptors (Lipinski definition) is 5. The van der Waals surface area contributed by atoms with Crippen LogP contribution >= 0.6 is 0 Å². The SMILES string of the molecule is COc1cc(CN2CCN(C(=O)C3Cc4ccccc4C3)CC2)cc(OC)c1OC. The number of carbonyl (C=O) groups is 1. The van der Waals surface area contributed by atoms with Crippen molar-refractivity contribution < 1.29 is 19.0 Å². The standard InChI is InChI=1S/C24H30N2O4/c1-28-21-12-17(13-22(29-2)23(21)30-3)16-25-8-10-26(11-9-25)24(27)20-14-18-6-4-5-7-19(18)15-20/h4-7,12-13,20H,8-11,14-16H2,1-3H3. The molecule has 1 aliphatic carbocycles. The maximum Gasteiger partial charge on any atom is 0.226 e. The van der Waals surface area contributed by atoms with Crippen LogP contribution in [0.1, 0.15) is 16.7 Å². The first-order valence-electron chi connectivity index (χ1n) is 10.5. The van der Waals surface area contributed by atoms with Gasteiger partial charge in [-0.2, -0.15) is 0 Å². The zero-order valence-electron chi connectivity index (χ0n) is 18.0. The highest BCUT2D eigenvalue weighted by molar-refractivity contribution is 5.80. The fourth-order valence-corrected chi connectivity index (χ4v) is 4.60. The highest BCUT2D eigenvalue weighted by Crippen LogP contribution is 2.38. The van der Waals surface area contributed by atoms with Crippen molar-refractivity contribution >= 4 is 5.91 Å². The van der Waals surface area contributed by atoms with E-state index < -0.39 is 0 Å². The number of amides is 1. The van der Waals surface area contributed by atoms with Gasteiger partial charge in [0.05, 0.1) is 21.3 Å². The van der Waals surface area contributed by atoms with Crippen molar-refractivity contribution in [2.24, 2.45) is 5.92 Å². The van der Waals surface area contributed by atoms with Gasteiger partial charge in [0.2, 0.25) is 11.7 Å². The maximum absolute atomic E-state index is 13.0. The molecular formula is C24H30N2O4. The van der Waals surface area contributed by atoms with Gasteiger partial charge in [0.1, 0.15) is 0 Å². The third kappa shape index (κ3) is 4.10. The second kappa shape index (κ2) is 8.96. The predicted octanol–water partition coefficient (Wildman–Crippen LogP) is 2.77. The van der Waals surface area contributed by atoms with Gasteiger partial charge < -0.3 is 19.1 Å². The molecule has 0 bridgehead atoms. The van der Waals surface area contributed by atoms with E-state index in [1.165, 1.54) is 11.1 Å². The molecule has 1 heterocycles. The molecule has 1 aliphatic heterocycles. The third-order valence-electron chi connectivity index (χ3n) is 6.21. The van der Waals surface area contributed by atoms with E-state index in [4.69, 9.17) is 14.2 Å². The molecule has 0 unspecified atom stereocenters. The number of ether oxygens (including phenoxy) is 3. The van der Waals surface area contributed by atoms with Crippen molar-refractivity contribution in [1.29, 1.82) is 0 Å². The van der Waals surface area contributed by atoms with Gasteiger partial charge in [-0.1, -0.05) is 24.3 Å². The van der Waals surface area contributed by atoms with Crippen molar-refractivity contribution in [3.63, 3.8) is 0 Å². The second-order valence-electron chi connectivity index (χ2n) is 8.01. The van der Waals surface area contributed by atoms with Crippen LogP contribution in [0.25, 0.3) is 0 Å². The number of benzene rings is 2. The number of piperazine rings is 1. The fourth-order valence-electron chi connectivity index (χ4n) is 4.60. The van der Waals surface area contributed by atoms with E-state index in [1.54, 1.807) is 21.3 Å². The normalized spacial score (nSPS) is 17.0. The Morgan fingerprint density at radius 1 is 0.900 bits per heavy atom. The minimum absolute atomic E-state index is 0.101. The summed E-state index contributed by atoms with van der Waals surface area (Å²) in [4.78, 5) is 17.4. The minimum Gasteiger partial charge on any atom is -0.493 e. The van der Waals surface area contributed by atoms with E-state index in [9.17, 15) is 4.79 Å². The smallest absolute Gasteiger partial charge is 0.226 e. The zero-order valence-corrected chi connectivity index (χ0v) is 18.0. The largest absolute Gasteiger partial charge is 0.493 e. The maximum atomic E-state index is 13.0. The molecule has 2 aromatic carbocycles. The van der Waals surface area contributed by atoms with Crippen molar-refractivity contribution in [1.82, 2.24) is 9.80 Å². The summed E-state index contributed by atoms with van der Waals surface area (Å²) in [6.45, 7) is 4.06. The molecular weight excluding hydrogens is 380 g/mol. The summed E-state index contributed by atoms with van der Waals surface area (Å²) in [6.07, 6.45) is 1.75. The van der Waals surface area contributed by atoms with Crippen LogP contribution in [0.15, 0.2) is 36.4 Å². The molecule has 0 atom stereocenters. The molecule has 6 heteroatoms. The van der Waals surface area contributed by atoms with E-state index >= 15 is 0 Å².